The Hall–Kier alpha value is -3.10. The van der Waals surface area contributed by atoms with E-state index in [0.717, 1.165) is 48.1 Å². The molecule has 1 amide bonds. The van der Waals surface area contributed by atoms with Gasteiger partial charge in [-0.1, -0.05) is 41.9 Å². The summed E-state index contributed by atoms with van der Waals surface area (Å²) in [4.78, 5) is 19.2. The zero-order valence-electron chi connectivity index (χ0n) is 15.9. The highest BCUT2D eigenvalue weighted by molar-refractivity contribution is 6.30. The van der Waals surface area contributed by atoms with Crippen molar-refractivity contribution in [2.24, 2.45) is 5.92 Å². The molecule has 6 heteroatoms. The van der Waals surface area contributed by atoms with Crippen molar-refractivity contribution < 1.29 is 4.79 Å². The molecule has 0 bridgehead atoms. The number of nitriles is 1. The van der Waals surface area contributed by atoms with Gasteiger partial charge in [-0.05, 0) is 36.6 Å². The minimum absolute atomic E-state index is 0.0165. The summed E-state index contributed by atoms with van der Waals surface area (Å²) in [6.45, 7) is 1.98. The zero-order valence-corrected chi connectivity index (χ0v) is 16.7. The Kier molecular flexibility index (Phi) is 5.64. The number of fused-ring (bicyclic) bond motifs is 1. The first-order valence-corrected chi connectivity index (χ1v) is 10.1. The summed E-state index contributed by atoms with van der Waals surface area (Å²) in [5.41, 5.74) is 3.42. The van der Waals surface area contributed by atoms with Gasteiger partial charge in [0.1, 0.15) is 6.07 Å². The molecular weight excluding hydrogens is 384 g/mol. The molecular formula is C23H21ClN4O. The van der Waals surface area contributed by atoms with Crippen molar-refractivity contribution in [3.63, 3.8) is 0 Å². The number of benzene rings is 2. The fraction of sp³-hybridized carbons (Fsp3) is 0.261. The molecule has 0 spiro atoms. The number of hydrogen-bond donors (Lipinski definition) is 1. The predicted octanol–water partition coefficient (Wildman–Crippen LogP) is 4.29. The Morgan fingerprint density at radius 3 is 2.62 bits per heavy atom. The molecule has 3 aromatic rings. The molecule has 0 saturated carbocycles. The van der Waals surface area contributed by atoms with Gasteiger partial charge in [-0.3, -0.25) is 9.78 Å². The maximum atomic E-state index is 12.6. The van der Waals surface area contributed by atoms with Crippen molar-refractivity contribution in [3.05, 3.63) is 70.9 Å². The van der Waals surface area contributed by atoms with Gasteiger partial charge < -0.3 is 10.2 Å². The molecule has 1 saturated heterocycles. The second-order valence-corrected chi connectivity index (χ2v) is 7.69. The summed E-state index contributed by atoms with van der Waals surface area (Å²) >= 11 is 5.90. The maximum Gasteiger partial charge on any atom is 0.223 e. The van der Waals surface area contributed by atoms with Crippen LogP contribution in [0.4, 0.5) is 5.69 Å². The summed E-state index contributed by atoms with van der Waals surface area (Å²) < 4.78 is 0. The summed E-state index contributed by atoms with van der Waals surface area (Å²) in [6.07, 6.45) is 3.16. The van der Waals surface area contributed by atoms with Crippen molar-refractivity contribution in [2.45, 2.75) is 19.4 Å². The minimum atomic E-state index is -0.0165. The lowest BCUT2D eigenvalue weighted by Crippen LogP contribution is -2.40. The molecule has 5 nitrogen and oxygen atoms in total. The molecule has 1 aromatic heterocycles. The molecule has 1 N–H and O–H groups in total. The summed E-state index contributed by atoms with van der Waals surface area (Å²) in [7, 11) is 0. The Labute approximate surface area is 174 Å². The molecule has 29 heavy (non-hydrogen) atoms. The second kappa shape index (κ2) is 8.50. The predicted molar refractivity (Wildman–Crippen MR) is 115 cm³/mol. The third kappa shape index (κ3) is 4.18. The van der Waals surface area contributed by atoms with Crippen LogP contribution in [0.1, 0.15) is 24.0 Å². The van der Waals surface area contributed by atoms with Crippen LogP contribution in [0.3, 0.4) is 0 Å². The van der Waals surface area contributed by atoms with Crippen LogP contribution < -0.4 is 10.2 Å². The van der Waals surface area contributed by atoms with Crippen LogP contribution in [-0.4, -0.2) is 24.0 Å². The van der Waals surface area contributed by atoms with E-state index >= 15 is 0 Å². The molecule has 146 valence electrons. The average Bonchev–Trinajstić information content (AvgIpc) is 2.78. The number of carbonyl (C=O) groups is 1. The monoisotopic (exact) mass is 404 g/mol. The van der Waals surface area contributed by atoms with Gasteiger partial charge in [0.2, 0.25) is 5.91 Å². The lowest BCUT2D eigenvalue weighted by molar-refractivity contribution is -0.125. The van der Waals surface area contributed by atoms with Crippen LogP contribution in [0.25, 0.3) is 10.9 Å². The van der Waals surface area contributed by atoms with E-state index < -0.39 is 0 Å². The molecule has 1 aliphatic rings. The van der Waals surface area contributed by atoms with Crippen molar-refractivity contribution in [1.29, 1.82) is 5.26 Å². The molecule has 1 fully saturated rings. The van der Waals surface area contributed by atoms with Crippen LogP contribution in [0.2, 0.25) is 5.02 Å². The van der Waals surface area contributed by atoms with Gasteiger partial charge in [0.05, 0.1) is 16.8 Å². The van der Waals surface area contributed by atoms with E-state index in [0.29, 0.717) is 17.1 Å². The lowest BCUT2D eigenvalue weighted by Gasteiger charge is -2.34. The number of nitrogens with one attached hydrogen (secondary N) is 1. The fourth-order valence-corrected chi connectivity index (χ4v) is 3.98. The highest BCUT2D eigenvalue weighted by atomic mass is 35.5. The number of halogens is 1. The van der Waals surface area contributed by atoms with Gasteiger partial charge in [-0.2, -0.15) is 5.26 Å². The summed E-state index contributed by atoms with van der Waals surface area (Å²) in [6, 6.07) is 17.6. The quantitative estimate of drug-likeness (QED) is 0.704. The van der Waals surface area contributed by atoms with Crippen molar-refractivity contribution in [1.82, 2.24) is 10.3 Å². The van der Waals surface area contributed by atoms with Gasteiger partial charge in [-0.25, -0.2) is 0 Å². The zero-order chi connectivity index (χ0) is 20.2. The maximum absolute atomic E-state index is 12.6. The highest BCUT2D eigenvalue weighted by Crippen LogP contribution is 2.32. The fourth-order valence-electron chi connectivity index (χ4n) is 3.85. The van der Waals surface area contributed by atoms with Crippen LogP contribution in [0.15, 0.2) is 54.7 Å². The largest absolute Gasteiger partial charge is 0.370 e. The number of rotatable bonds is 4. The Balaban J connectivity index is 1.42. The molecule has 2 heterocycles. The van der Waals surface area contributed by atoms with Gasteiger partial charge >= 0.3 is 0 Å². The van der Waals surface area contributed by atoms with Gasteiger partial charge in [-0.15, -0.1) is 0 Å². The number of nitrogens with zero attached hydrogens (tertiary/aromatic N) is 3. The second-order valence-electron chi connectivity index (χ2n) is 7.26. The number of piperidine rings is 1. The van der Waals surface area contributed by atoms with Gasteiger partial charge in [0.15, 0.2) is 0 Å². The first-order chi connectivity index (χ1) is 14.2. The van der Waals surface area contributed by atoms with E-state index in [4.69, 9.17) is 11.6 Å². The van der Waals surface area contributed by atoms with Crippen LogP contribution in [-0.2, 0) is 11.3 Å². The van der Waals surface area contributed by atoms with E-state index in [1.165, 1.54) is 0 Å². The molecule has 0 radical (unpaired) electrons. The Morgan fingerprint density at radius 2 is 1.90 bits per heavy atom. The normalized spacial score (nSPS) is 14.6. The molecule has 0 aliphatic carbocycles. The number of pyridine rings is 1. The van der Waals surface area contributed by atoms with Crippen LogP contribution in [0, 0.1) is 17.2 Å². The molecule has 0 unspecified atom stereocenters. The van der Waals surface area contributed by atoms with E-state index in [1.807, 2.05) is 48.5 Å². The lowest BCUT2D eigenvalue weighted by atomic mass is 9.94. The SMILES string of the molecule is N#Cc1cnc2ccccc2c1N1CCC(C(=O)NCc2ccc(Cl)cc2)CC1. The standard InChI is InChI=1S/C23H21ClN4O/c24-19-7-5-16(6-8-19)14-27-23(29)17-9-11-28(12-10-17)22-18(13-25)15-26-21-4-2-1-3-20(21)22/h1-8,15,17H,9-12,14H2,(H,27,29). The smallest absolute Gasteiger partial charge is 0.223 e. The average molecular weight is 405 g/mol. The van der Waals surface area contributed by atoms with Gasteiger partial charge in [0.25, 0.3) is 0 Å². The van der Waals surface area contributed by atoms with Gasteiger partial charge in [0, 0.05) is 42.2 Å². The number of amides is 1. The molecule has 1 aliphatic heterocycles. The Morgan fingerprint density at radius 1 is 1.17 bits per heavy atom. The summed E-state index contributed by atoms with van der Waals surface area (Å²) in [5, 5.41) is 14.3. The molecule has 2 aromatic carbocycles. The topological polar surface area (TPSA) is 69.0 Å². The number of hydrogen-bond acceptors (Lipinski definition) is 4. The van der Waals surface area contributed by atoms with E-state index in [1.54, 1.807) is 6.20 Å². The Bertz CT molecular complexity index is 1070. The minimum Gasteiger partial charge on any atom is -0.370 e. The number of anilines is 1. The third-order valence-electron chi connectivity index (χ3n) is 5.43. The number of aromatic nitrogens is 1. The molecule has 4 rings (SSSR count). The van der Waals surface area contributed by atoms with E-state index in [2.05, 4.69) is 21.3 Å². The van der Waals surface area contributed by atoms with Crippen LogP contribution in [0.5, 0.6) is 0 Å². The molecule has 0 atom stereocenters. The highest BCUT2D eigenvalue weighted by Gasteiger charge is 2.27. The van der Waals surface area contributed by atoms with Crippen molar-refractivity contribution in [2.75, 3.05) is 18.0 Å². The van der Waals surface area contributed by atoms with E-state index in [-0.39, 0.29) is 11.8 Å². The summed E-state index contributed by atoms with van der Waals surface area (Å²) in [5.74, 6) is 0.0666. The third-order valence-corrected chi connectivity index (χ3v) is 5.68. The number of para-hydroxylation sites is 1. The number of carbonyl (C=O) groups excluding carboxylic acids is 1. The first-order valence-electron chi connectivity index (χ1n) is 9.70. The first kappa shape index (κ1) is 19.2. The van der Waals surface area contributed by atoms with E-state index in [9.17, 15) is 10.1 Å². The van der Waals surface area contributed by atoms with Crippen molar-refractivity contribution >= 4 is 34.1 Å². The van der Waals surface area contributed by atoms with Crippen LogP contribution >= 0.6 is 11.6 Å². The van der Waals surface area contributed by atoms with Crippen molar-refractivity contribution in [3.8, 4) is 6.07 Å².